The Bertz CT molecular complexity index is 456. The van der Waals surface area contributed by atoms with Crippen LogP contribution in [0, 0.1) is 13.8 Å². The second-order valence-corrected chi connectivity index (χ2v) is 5.09. The average molecular weight is 282 g/mol. The lowest BCUT2D eigenvalue weighted by atomic mass is 9.94. The molecule has 0 aliphatic carbocycles. The number of anilines is 1. The van der Waals surface area contributed by atoms with Gasteiger partial charge in [-0.25, -0.2) is 4.79 Å². The smallest absolute Gasteiger partial charge is 0.319 e. The van der Waals surface area contributed by atoms with Crippen LogP contribution in [-0.2, 0) is 6.54 Å². The van der Waals surface area contributed by atoms with Gasteiger partial charge in [0.15, 0.2) is 0 Å². The van der Waals surface area contributed by atoms with E-state index in [0.717, 1.165) is 23.6 Å². The zero-order valence-corrected chi connectivity index (χ0v) is 13.1. The molecule has 1 aromatic heterocycles. The van der Waals surface area contributed by atoms with E-state index in [1.54, 1.807) is 0 Å². The molecule has 0 aliphatic heterocycles. The van der Waals surface area contributed by atoms with Crippen molar-refractivity contribution in [3.63, 3.8) is 0 Å². The third kappa shape index (κ3) is 3.30. The summed E-state index contributed by atoms with van der Waals surface area (Å²) < 4.78 is 1.85. The van der Waals surface area contributed by atoms with Gasteiger partial charge in [-0.2, -0.15) is 5.10 Å². The highest BCUT2D eigenvalue weighted by Gasteiger charge is 2.27. The number of aliphatic hydroxyl groups is 1. The van der Waals surface area contributed by atoms with Gasteiger partial charge in [0.05, 0.1) is 29.2 Å². The van der Waals surface area contributed by atoms with Crippen molar-refractivity contribution >= 4 is 11.7 Å². The minimum absolute atomic E-state index is 0.0698. The number of rotatable bonds is 6. The summed E-state index contributed by atoms with van der Waals surface area (Å²) in [7, 11) is 0. The van der Waals surface area contributed by atoms with E-state index in [4.69, 9.17) is 0 Å². The summed E-state index contributed by atoms with van der Waals surface area (Å²) >= 11 is 0. The zero-order chi connectivity index (χ0) is 15.3. The van der Waals surface area contributed by atoms with Crippen molar-refractivity contribution < 1.29 is 9.90 Å². The molecule has 1 aromatic rings. The predicted molar refractivity (Wildman–Crippen MR) is 79.9 cm³/mol. The molecule has 20 heavy (non-hydrogen) atoms. The number of nitrogens with one attached hydrogen (secondary N) is 2. The van der Waals surface area contributed by atoms with Gasteiger partial charge in [-0.3, -0.25) is 4.68 Å². The fraction of sp³-hybridized carbons (Fsp3) is 0.714. The fourth-order valence-corrected chi connectivity index (χ4v) is 2.26. The highest BCUT2D eigenvalue weighted by atomic mass is 16.3. The van der Waals surface area contributed by atoms with Gasteiger partial charge in [0, 0.05) is 6.54 Å². The van der Waals surface area contributed by atoms with Crippen LogP contribution in [0.5, 0.6) is 0 Å². The highest BCUT2D eigenvalue weighted by Crippen LogP contribution is 2.20. The van der Waals surface area contributed by atoms with Gasteiger partial charge < -0.3 is 15.7 Å². The molecule has 6 heteroatoms. The van der Waals surface area contributed by atoms with E-state index < -0.39 is 5.54 Å². The van der Waals surface area contributed by atoms with Crippen LogP contribution in [0.2, 0.25) is 0 Å². The van der Waals surface area contributed by atoms with Crippen molar-refractivity contribution in [1.29, 1.82) is 0 Å². The van der Waals surface area contributed by atoms with Gasteiger partial charge in [-0.1, -0.05) is 13.8 Å². The number of urea groups is 1. The lowest BCUT2D eigenvalue weighted by Gasteiger charge is -2.30. The first-order chi connectivity index (χ1) is 9.42. The lowest BCUT2D eigenvalue weighted by molar-refractivity contribution is 0.155. The van der Waals surface area contributed by atoms with Crippen LogP contribution < -0.4 is 10.6 Å². The van der Waals surface area contributed by atoms with Gasteiger partial charge in [0.2, 0.25) is 0 Å². The molecular formula is C14H26N4O2. The molecule has 0 aromatic carbocycles. The molecule has 0 saturated carbocycles. The first-order valence-electron chi connectivity index (χ1n) is 7.17. The van der Waals surface area contributed by atoms with E-state index in [1.807, 2.05) is 39.3 Å². The molecule has 0 bridgehead atoms. The molecule has 1 rings (SSSR count). The largest absolute Gasteiger partial charge is 0.394 e. The minimum Gasteiger partial charge on any atom is -0.394 e. The van der Waals surface area contributed by atoms with Crippen LogP contribution in [0.3, 0.4) is 0 Å². The number of nitrogens with zero attached hydrogens (tertiary/aromatic N) is 2. The Balaban J connectivity index is 2.84. The van der Waals surface area contributed by atoms with Gasteiger partial charge in [0.25, 0.3) is 0 Å². The number of carbonyl (C=O) groups excluding carboxylic acids is 1. The Morgan fingerprint density at radius 1 is 1.30 bits per heavy atom. The molecule has 0 fully saturated rings. The summed E-state index contributed by atoms with van der Waals surface area (Å²) in [5.41, 5.74) is 1.90. The normalized spacial score (nSPS) is 11.5. The number of aryl methyl sites for hydroxylation is 2. The standard InChI is InChI=1S/C14H26N4O2/c1-6-14(7-2,9-19)16-13(20)15-12-10(4)17-18(8-3)11(12)5/h19H,6-9H2,1-5H3,(H2,15,16,20). The topological polar surface area (TPSA) is 79.2 Å². The summed E-state index contributed by atoms with van der Waals surface area (Å²) in [4.78, 5) is 12.1. The van der Waals surface area contributed by atoms with Crippen LogP contribution in [0.15, 0.2) is 0 Å². The third-order valence-corrected chi connectivity index (χ3v) is 3.95. The number of hydrogen-bond acceptors (Lipinski definition) is 3. The summed E-state index contributed by atoms with van der Waals surface area (Å²) in [6.07, 6.45) is 1.36. The molecule has 0 atom stereocenters. The maximum Gasteiger partial charge on any atom is 0.319 e. The molecule has 0 spiro atoms. The number of amides is 2. The van der Waals surface area contributed by atoms with Crippen LogP contribution >= 0.6 is 0 Å². The van der Waals surface area contributed by atoms with Crippen molar-refractivity contribution in [2.45, 2.75) is 59.5 Å². The molecule has 114 valence electrons. The summed E-state index contributed by atoms with van der Waals surface area (Å²) in [6, 6.07) is -0.301. The summed E-state index contributed by atoms with van der Waals surface area (Å²) in [5, 5.41) is 19.6. The van der Waals surface area contributed by atoms with Crippen molar-refractivity contribution in [2.24, 2.45) is 0 Å². The minimum atomic E-state index is -0.563. The van der Waals surface area contributed by atoms with Gasteiger partial charge in [0.1, 0.15) is 0 Å². The molecule has 0 unspecified atom stereocenters. The van der Waals surface area contributed by atoms with E-state index in [9.17, 15) is 9.90 Å². The van der Waals surface area contributed by atoms with E-state index in [0.29, 0.717) is 12.8 Å². The number of aromatic nitrogens is 2. The molecule has 0 saturated heterocycles. The number of hydrogen-bond donors (Lipinski definition) is 3. The Kier molecular flexibility index (Phi) is 5.56. The molecular weight excluding hydrogens is 256 g/mol. The summed E-state index contributed by atoms with van der Waals surface area (Å²) in [6.45, 7) is 10.4. The molecule has 0 radical (unpaired) electrons. The second-order valence-electron chi connectivity index (χ2n) is 5.09. The number of carbonyl (C=O) groups is 1. The fourth-order valence-electron chi connectivity index (χ4n) is 2.26. The predicted octanol–water partition coefficient (Wildman–Crippen LogP) is 2.19. The second kappa shape index (κ2) is 6.74. The zero-order valence-electron chi connectivity index (χ0n) is 13.1. The van der Waals surface area contributed by atoms with E-state index in [-0.39, 0.29) is 12.6 Å². The van der Waals surface area contributed by atoms with Crippen molar-refractivity contribution in [3.8, 4) is 0 Å². The Hall–Kier alpha value is -1.56. The van der Waals surface area contributed by atoms with E-state index in [1.165, 1.54) is 0 Å². The maximum atomic E-state index is 12.1. The monoisotopic (exact) mass is 282 g/mol. The first kappa shape index (κ1) is 16.5. The van der Waals surface area contributed by atoms with Crippen LogP contribution in [0.4, 0.5) is 10.5 Å². The average Bonchev–Trinajstić information content (AvgIpc) is 2.72. The Morgan fingerprint density at radius 3 is 2.30 bits per heavy atom. The van der Waals surface area contributed by atoms with Crippen LogP contribution in [0.25, 0.3) is 0 Å². The van der Waals surface area contributed by atoms with Crippen LogP contribution in [-0.4, -0.2) is 33.1 Å². The first-order valence-corrected chi connectivity index (χ1v) is 7.17. The molecule has 3 N–H and O–H groups in total. The van der Waals surface area contributed by atoms with Crippen molar-refractivity contribution in [1.82, 2.24) is 15.1 Å². The molecule has 0 aliphatic rings. The highest BCUT2D eigenvalue weighted by molar-refractivity contribution is 5.91. The third-order valence-electron chi connectivity index (χ3n) is 3.95. The lowest BCUT2D eigenvalue weighted by Crippen LogP contribution is -2.52. The molecule has 6 nitrogen and oxygen atoms in total. The Labute approximate surface area is 120 Å². The van der Waals surface area contributed by atoms with E-state index in [2.05, 4.69) is 15.7 Å². The van der Waals surface area contributed by atoms with Gasteiger partial charge >= 0.3 is 6.03 Å². The Morgan fingerprint density at radius 2 is 1.90 bits per heavy atom. The number of aliphatic hydroxyl groups excluding tert-OH is 1. The van der Waals surface area contributed by atoms with E-state index >= 15 is 0 Å². The maximum absolute atomic E-state index is 12.1. The molecule has 2 amide bonds. The van der Waals surface area contributed by atoms with Crippen LogP contribution in [0.1, 0.15) is 45.0 Å². The van der Waals surface area contributed by atoms with Crippen molar-refractivity contribution in [3.05, 3.63) is 11.4 Å². The van der Waals surface area contributed by atoms with Gasteiger partial charge in [-0.15, -0.1) is 0 Å². The quantitative estimate of drug-likeness (QED) is 0.748. The summed E-state index contributed by atoms with van der Waals surface area (Å²) in [5.74, 6) is 0. The molecule has 1 heterocycles. The van der Waals surface area contributed by atoms with Crippen molar-refractivity contribution in [2.75, 3.05) is 11.9 Å². The van der Waals surface area contributed by atoms with Gasteiger partial charge in [-0.05, 0) is 33.6 Å². The SMILES string of the molecule is CCn1nc(C)c(NC(=O)NC(CC)(CC)CO)c1C.